The third-order valence-corrected chi connectivity index (χ3v) is 4.79. The molecule has 1 aliphatic heterocycles. The highest BCUT2D eigenvalue weighted by Gasteiger charge is 2.41. The number of carbonyl (C=O) groups is 1. The summed E-state index contributed by atoms with van der Waals surface area (Å²) in [5, 5.41) is 10.4. The standard InChI is InChI=1S/C15H25NO2/c1-3-9-15(10-4-11-15)13(17)7-5-12-6-8-14(18)16(12)2/h5,7,12-13,17H,3-4,6,8-11H2,1-2H3/b7-5+. The SMILES string of the molecule is CCCC1(C(O)/C=C/C2CCC(=O)N2C)CCC1. The predicted molar refractivity (Wildman–Crippen MR) is 72.1 cm³/mol. The molecule has 2 rings (SSSR count). The number of carbonyl (C=O) groups excluding carboxylic acids is 1. The molecule has 3 nitrogen and oxygen atoms in total. The van der Waals surface area contributed by atoms with Gasteiger partial charge in [0.25, 0.3) is 0 Å². The van der Waals surface area contributed by atoms with E-state index in [1.54, 1.807) is 4.90 Å². The smallest absolute Gasteiger partial charge is 0.222 e. The summed E-state index contributed by atoms with van der Waals surface area (Å²) in [6.45, 7) is 2.18. The molecule has 2 aliphatic rings. The second kappa shape index (κ2) is 5.43. The average molecular weight is 251 g/mol. The Labute approximate surface area is 110 Å². The van der Waals surface area contributed by atoms with E-state index in [1.165, 1.54) is 6.42 Å². The Balaban J connectivity index is 1.94. The van der Waals surface area contributed by atoms with Crippen LogP contribution in [-0.4, -0.2) is 35.1 Å². The molecule has 0 bridgehead atoms. The van der Waals surface area contributed by atoms with E-state index in [0.29, 0.717) is 6.42 Å². The highest BCUT2D eigenvalue weighted by atomic mass is 16.3. The highest BCUT2D eigenvalue weighted by molar-refractivity contribution is 5.78. The first-order valence-electron chi connectivity index (χ1n) is 7.21. The van der Waals surface area contributed by atoms with E-state index >= 15 is 0 Å². The first-order valence-corrected chi connectivity index (χ1v) is 7.21. The quantitative estimate of drug-likeness (QED) is 0.763. The van der Waals surface area contributed by atoms with Crippen LogP contribution in [0, 0.1) is 5.41 Å². The largest absolute Gasteiger partial charge is 0.388 e. The maximum absolute atomic E-state index is 11.4. The van der Waals surface area contributed by atoms with E-state index in [4.69, 9.17) is 0 Å². The topological polar surface area (TPSA) is 40.5 Å². The third kappa shape index (κ3) is 2.46. The predicted octanol–water partition coefficient (Wildman–Crippen LogP) is 2.49. The van der Waals surface area contributed by atoms with Gasteiger partial charge in [0.1, 0.15) is 0 Å². The minimum atomic E-state index is -0.338. The van der Waals surface area contributed by atoms with Crippen molar-refractivity contribution < 1.29 is 9.90 Å². The fourth-order valence-electron chi connectivity index (χ4n) is 3.31. The fourth-order valence-corrected chi connectivity index (χ4v) is 3.31. The van der Waals surface area contributed by atoms with Gasteiger partial charge in [0, 0.05) is 13.5 Å². The summed E-state index contributed by atoms with van der Waals surface area (Å²) in [5.41, 5.74) is 0.131. The van der Waals surface area contributed by atoms with Gasteiger partial charge in [-0.25, -0.2) is 0 Å². The number of likely N-dealkylation sites (tertiary alicyclic amines) is 1. The monoisotopic (exact) mass is 251 g/mol. The molecule has 2 atom stereocenters. The van der Waals surface area contributed by atoms with Crippen LogP contribution in [0.15, 0.2) is 12.2 Å². The number of hydrogen-bond donors (Lipinski definition) is 1. The van der Waals surface area contributed by atoms with E-state index in [2.05, 4.69) is 6.92 Å². The third-order valence-electron chi connectivity index (χ3n) is 4.79. The molecule has 1 saturated heterocycles. The van der Waals surface area contributed by atoms with E-state index in [1.807, 2.05) is 19.2 Å². The van der Waals surface area contributed by atoms with Crippen molar-refractivity contribution in [2.24, 2.45) is 5.41 Å². The van der Waals surface area contributed by atoms with Crippen LogP contribution in [-0.2, 0) is 4.79 Å². The first-order chi connectivity index (χ1) is 8.59. The summed E-state index contributed by atoms with van der Waals surface area (Å²) in [6, 6.07) is 0.186. The fraction of sp³-hybridized carbons (Fsp3) is 0.800. The number of aliphatic hydroxyl groups is 1. The van der Waals surface area contributed by atoms with Crippen molar-refractivity contribution in [3.05, 3.63) is 12.2 Å². The van der Waals surface area contributed by atoms with Crippen molar-refractivity contribution in [3.8, 4) is 0 Å². The molecule has 1 saturated carbocycles. The normalized spacial score (nSPS) is 28.7. The zero-order valence-corrected chi connectivity index (χ0v) is 11.6. The van der Waals surface area contributed by atoms with Gasteiger partial charge in [-0.2, -0.15) is 0 Å². The van der Waals surface area contributed by atoms with Crippen molar-refractivity contribution in [2.45, 2.75) is 64.0 Å². The zero-order valence-electron chi connectivity index (χ0n) is 11.6. The van der Waals surface area contributed by atoms with Crippen LogP contribution in [0.25, 0.3) is 0 Å². The molecule has 0 aromatic rings. The lowest BCUT2D eigenvalue weighted by atomic mass is 9.62. The molecule has 1 N–H and O–H groups in total. The molecule has 1 heterocycles. The molecule has 102 valence electrons. The lowest BCUT2D eigenvalue weighted by molar-refractivity contribution is -0.127. The Morgan fingerprint density at radius 2 is 2.28 bits per heavy atom. The van der Waals surface area contributed by atoms with E-state index in [9.17, 15) is 9.90 Å². The van der Waals surface area contributed by atoms with Crippen molar-refractivity contribution in [1.82, 2.24) is 4.90 Å². The number of amides is 1. The Hall–Kier alpha value is -0.830. The van der Waals surface area contributed by atoms with Crippen LogP contribution < -0.4 is 0 Å². The van der Waals surface area contributed by atoms with E-state index in [-0.39, 0.29) is 23.5 Å². The van der Waals surface area contributed by atoms with Crippen molar-refractivity contribution in [1.29, 1.82) is 0 Å². The molecule has 2 unspecified atom stereocenters. The van der Waals surface area contributed by atoms with E-state index in [0.717, 1.165) is 32.1 Å². The van der Waals surface area contributed by atoms with E-state index < -0.39 is 0 Å². The lowest BCUT2D eigenvalue weighted by Gasteiger charge is -2.45. The first kappa shape index (κ1) is 13.6. The molecule has 0 spiro atoms. The molecular weight excluding hydrogens is 226 g/mol. The number of rotatable bonds is 5. The molecule has 2 fully saturated rings. The van der Waals surface area contributed by atoms with Gasteiger partial charge in [0.2, 0.25) is 5.91 Å². The number of aliphatic hydroxyl groups excluding tert-OH is 1. The Morgan fingerprint density at radius 1 is 1.56 bits per heavy atom. The van der Waals surface area contributed by atoms with Crippen LogP contribution in [0.5, 0.6) is 0 Å². The lowest BCUT2D eigenvalue weighted by Crippen LogP contribution is -2.40. The van der Waals surface area contributed by atoms with Crippen molar-refractivity contribution >= 4 is 5.91 Å². The molecular formula is C15H25NO2. The molecule has 1 amide bonds. The summed E-state index contributed by atoms with van der Waals surface area (Å²) < 4.78 is 0. The second-order valence-electron chi connectivity index (χ2n) is 5.91. The average Bonchev–Trinajstić information content (AvgIpc) is 2.62. The van der Waals surface area contributed by atoms with Crippen LogP contribution in [0.3, 0.4) is 0 Å². The zero-order chi connectivity index (χ0) is 13.2. The molecule has 0 radical (unpaired) electrons. The summed E-state index contributed by atoms with van der Waals surface area (Å²) >= 11 is 0. The van der Waals surface area contributed by atoms with Gasteiger partial charge in [-0.15, -0.1) is 0 Å². The highest BCUT2D eigenvalue weighted by Crippen LogP contribution is 2.48. The second-order valence-corrected chi connectivity index (χ2v) is 5.91. The summed E-state index contributed by atoms with van der Waals surface area (Å²) in [7, 11) is 1.85. The van der Waals surface area contributed by atoms with Crippen LogP contribution in [0.2, 0.25) is 0 Å². The van der Waals surface area contributed by atoms with Gasteiger partial charge >= 0.3 is 0 Å². The number of hydrogen-bond acceptors (Lipinski definition) is 2. The van der Waals surface area contributed by atoms with Gasteiger partial charge in [-0.05, 0) is 31.1 Å². The number of likely N-dealkylation sites (N-methyl/N-ethyl adjacent to an activating group) is 1. The summed E-state index contributed by atoms with van der Waals surface area (Å²) in [5.74, 6) is 0.214. The van der Waals surface area contributed by atoms with Gasteiger partial charge in [0.05, 0.1) is 12.1 Å². The van der Waals surface area contributed by atoms with Gasteiger partial charge in [-0.1, -0.05) is 31.9 Å². The number of nitrogens with zero attached hydrogens (tertiary/aromatic N) is 1. The molecule has 0 aromatic heterocycles. The van der Waals surface area contributed by atoms with Gasteiger partial charge in [-0.3, -0.25) is 4.79 Å². The summed E-state index contributed by atoms with van der Waals surface area (Å²) in [4.78, 5) is 13.2. The maximum Gasteiger partial charge on any atom is 0.222 e. The molecule has 18 heavy (non-hydrogen) atoms. The van der Waals surface area contributed by atoms with Crippen molar-refractivity contribution in [2.75, 3.05) is 7.05 Å². The molecule has 0 aromatic carbocycles. The van der Waals surface area contributed by atoms with Crippen LogP contribution in [0.1, 0.15) is 51.9 Å². The summed E-state index contributed by atoms with van der Waals surface area (Å²) in [6.07, 6.45) is 10.9. The molecule has 3 heteroatoms. The maximum atomic E-state index is 11.4. The Bertz CT molecular complexity index is 333. The Kier molecular flexibility index (Phi) is 4.10. The van der Waals surface area contributed by atoms with Gasteiger partial charge < -0.3 is 10.0 Å². The minimum absolute atomic E-state index is 0.131. The molecule has 1 aliphatic carbocycles. The van der Waals surface area contributed by atoms with Crippen LogP contribution >= 0.6 is 0 Å². The van der Waals surface area contributed by atoms with Crippen molar-refractivity contribution in [3.63, 3.8) is 0 Å². The Morgan fingerprint density at radius 3 is 2.72 bits per heavy atom. The van der Waals surface area contributed by atoms with Crippen LogP contribution in [0.4, 0.5) is 0 Å². The minimum Gasteiger partial charge on any atom is -0.388 e. The van der Waals surface area contributed by atoms with Gasteiger partial charge in [0.15, 0.2) is 0 Å².